The third-order valence-electron chi connectivity index (χ3n) is 7.89. The normalized spacial score (nSPS) is 11.2. The Morgan fingerprint density at radius 3 is 2.40 bits per heavy atom. The van der Waals surface area contributed by atoms with Gasteiger partial charge in [-0.15, -0.1) is 0 Å². The van der Waals surface area contributed by atoms with Gasteiger partial charge in [-0.25, -0.2) is 14.5 Å². The van der Waals surface area contributed by atoms with Gasteiger partial charge in [-0.1, -0.05) is 75.7 Å². The molecule has 0 unspecified atom stereocenters. The lowest BCUT2D eigenvalue weighted by Gasteiger charge is -2.14. The first-order valence-electron chi connectivity index (χ1n) is 16.5. The second kappa shape index (κ2) is 14.5. The van der Waals surface area contributed by atoms with Crippen molar-refractivity contribution in [1.82, 2.24) is 25.1 Å². The number of rotatable bonds is 10. The fourth-order valence-corrected chi connectivity index (χ4v) is 5.24. The molecule has 0 fully saturated rings. The number of carbonyl (C=O) groups is 2. The summed E-state index contributed by atoms with van der Waals surface area (Å²) in [6.45, 7) is 10.9. The summed E-state index contributed by atoms with van der Waals surface area (Å²) in [5.74, 6) is 1.60. The molecular weight excluding hydrogens is 628 g/mol. The lowest BCUT2D eigenvalue weighted by atomic mass is 9.92. The van der Waals surface area contributed by atoms with Gasteiger partial charge in [0, 0.05) is 52.3 Å². The molecular formula is C39H40N8O3. The number of hydrogen-bond acceptors (Lipinski definition) is 7. The Labute approximate surface area is 291 Å². The summed E-state index contributed by atoms with van der Waals surface area (Å²) in [6.07, 6.45) is 2.45. The van der Waals surface area contributed by atoms with Crippen LogP contribution >= 0.6 is 0 Å². The van der Waals surface area contributed by atoms with Gasteiger partial charge in [-0.3, -0.25) is 10.1 Å². The number of hydrogen-bond donors (Lipinski definition) is 4. The number of aromatic nitrogens is 4. The molecule has 0 bridgehead atoms. The fraction of sp³-hybridized carbons (Fsp3) is 0.205. The van der Waals surface area contributed by atoms with Crippen molar-refractivity contribution in [1.29, 1.82) is 0 Å². The van der Waals surface area contributed by atoms with Gasteiger partial charge < -0.3 is 20.7 Å². The van der Waals surface area contributed by atoms with E-state index in [1.807, 2.05) is 74.5 Å². The van der Waals surface area contributed by atoms with Gasteiger partial charge in [0.25, 0.3) is 5.91 Å². The number of fused-ring (bicyclic) bond motifs is 1. The Bertz CT molecular complexity index is 2150. The van der Waals surface area contributed by atoms with Gasteiger partial charge in [0.1, 0.15) is 11.6 Å². The Morgan fingerprint density at radius 2 is 1.64 bits per heavy atom. The Balaban J connectivity index is 1.20. The van der Waals surface area contributed by atoms with E-state index in [4.69, 9.17) is 9.84 Å². The third kappa shape index (κ3) is 7.90. The minimum atomic E-state index is -0.407. The van der Waals surface area contributed by atoms with E-state index < -0.39 is 6.03 Å². The molecule has 11 heteroatoms. The second-order valence-corrected chi connectivity index (χ2v) is 12.9. The molecule has 3 amide bonds. The van der Waals surface area contributed by atoms with Gasteiger partial charge >= 0.3 is 6.03 Å². The summed E-state index contributed by atoms with van der Waals surface area (Å²) in [6, 6.07) is 29.5. The molecule has 2 aromatic heterocycles. The smallest absolute Gasteiger partial charge is 0.324 e. The summed E-state index contributed by atoms with van der Waals surface area (Å²) in [4.78, 5) is 34.7. The number of benzene rings is 4. The second-order valence-electron chi connectivity index (χ2n) is 12.9. The van der Waals surface area contributed by atoms with Gasteiger partial charge in [0.05, 0.1) is 17.1 Å². The lowest BCUT2D eigenvalue weighted by molar-refractivity contribution is 0.0953. The molecule has 6 aromatic rings. The van der Waals surface area contributed by atoms with Crippen LogP contribution in [0, 0.1) is 6.92 Å². The van der Waals surface area contributed by atoms with Crippen LogP contribution in [0.1, 0.15) is 55.7 Å². The van der Waals surface area contributed by atoms with Crippen LogP contribution in [0.4, 0.5) is 27.9 Å². The van der Waals surface area contributed by atoms with E-state index in [0.29, 0.717) is 46.9 Å². The Morgan fingerprint density at radius 1 is 0.860 bits per heavy atom. The van der Waals surface area contributed by atoms with Crippen LogP contribution in [0.5, 0.6) is 11.6 Å². The number of ether oxygens (including phenoxy) is 1. The highest BCUT2D eigenvalue weighted by molar-refractivity contribution is 6.07. The van der Waals surface area contributed by atoms with Crippen molar-refractivity contribution in [3.8, 4) is 17.3 Å². The molecule has 0 atom stereocenters. The highest BCUT2D eigenvalue weighted by Gasteiger charge is 2.22. The first-order valence-corrected chi connectivity index (χ1v) is 16.5. The predicted octanol–water partition coefficient (Wildman–Crippen LogP) is 8.74. The van der Waals surface area contributed by atoms with E-state index >= 15 is 0 Å². The maximum atomic E-state index is 13.4. The highest BCUT2D eigenvalue weighted by atomic mass is 16.5. The maximum absolute atomic E-state index is 13.4. The number of nitrogens with one attached hydrogen (secondary N) is 4. The maximum Gasteiger partial charge on any atom is 0.324 e. The van der Waals surface area contributed by atoms with Crippen LogP contribution in [0.25, 0.3) is 16.5 Å². The molecule has 0 saturated carbocycles. The fourth-order valence-electron chi connectivity index (χ4n) is 5.24. The van der Waals surface area contributed by atoms with Gasteiger partial charge in [0.15, 0.2) is 0 Å². The molecule has 254 valence electrons. The minimum absolute atomic E-state index is 0.140. The molecule has 0 saturated heterocycles. The first kappa shape index (κ1) is 33.7. The molecule has 0 aliphatic heterocycles. The number of nitrogens with zero attached hydrogens (tertiary/aromatic N) is 4. The van der Waals surface area contributed by atoms with E-state index in [-0.39, 0.29) is 11.3 Å². The average molecular weight is 669 g/mol. The molecule has 0 radical (unpaired) electrons. The summed E-state index contributed by atoms with van der Waals surface area (Å²) in [5.41, 5.74) is 4.43. The zero-order chi connectivity index (χ0) is 35.3. The summed E-state index contributed by atoms with van der Waals surface area (Å²) in [7, 11) is 0. The van der Waals surface area contributed by atoms with E-state index in [0.717, 1.165) is 34.1 Å². The van der Waals surface area contributed by atoms with Crippen molar-refractivity contribution in [2.24, 2.45) is 0 Å². The highest BCUT2D eigenvalue weighted by Crippen LogP contribution is 2.34. The molecule has 2 heterocycles. The van der Waals surface area contributed by atoms with E-state index in [9.17, 15) is 9.59 Å². The minimum Gasteiger partial charge on any atom is -0.438 e. The van der Waals surface area contributed by atoms with Crippen molar-refractivity contribution in [3.05, 3.63) is 120 Å². The van der Waals surface area contributed by atoms with Crippen LogP contribution < -0.4 is 26.0 Å². The third-order valence-corrected chi connectivity index (χ3v) is 7.89. The molecule has 11 nitrogen and oxygen atoms in total. The van der Waals surface area contributed by atoms with Crippen molar-refractivity contribution in [2.45, 2.75) is 46.5 Å². The topological polar surface area (TPSA) is 135 Å². The molecule has 6 rings (SSSR count). The van der Waals surface area contributed by atoms with E-state index in [2.05, 4.69) is 52.0 Å². The Hall–Kier alpha value is -6.23. The molecule has 4 N–H and O–H groups in total. The van der Waals surface area contributed by atoms with Crippen LogP contribution in [0.2, 0.25) is 0 Å². The Kier molecular flexibility index (Phi) is 9.75. The standard InChI is InChI=1S/C39H40N8O3/c1-6-21-40-36(48)26-10-9-11-27(23-26)42-37-41-22-20-35(45-37)50-32-19-18-31(29-12-7-8-13-30(29)32)43-38(49)44-34-24-33(39(3,4)5)46-47(34)28-16-14-25(2)15-17-28/h7-20,22-24H,6,21H2,1-5H3,(H,40,48)(H,41,42,45)(H2,43,44,49). The zero-order valence-corrected chi connectivity index (χ0v) is 28.7. The quantitative estimate of drug-likeness (QED) is 0.115. The predicted molar refractivity (Wildman–Crippen MR) is 198 cm³/mol. The first-order chi connectivity index (χ1) is 24.1. The number of amides is 3. The van der Waals surface area contributed by atoms with E-state index in [1.165, 1.54) is 0 Å². The molecule has 50 heavy (non-hydrogen) atoms. The van der Waals surface area contributed by atoms with Crippen molar-refractivity contribution < 1.29 is 14.3 Å². The number of carbonyl (C=O) groups excluding carboxylic acids is 2. The van der Waals surface area contributed by atoms with Crippen LogP contribution in [0.15, 0.2) is 103 Å². The van der Waals surface area contributed by atoms with Crippen molar-refractivity contribution in [3.63, 3.8) is 0 Å². The lowest BCUT2D eigenvalue weighted by Crippen LogP contribution is -2.23. The number of anilines is 4. The summed E-state index contributed by atoms with van der Waals surface area (Å²) < 4.78 is 7.99. The van der Waals surface area contributed by atoms with Crippen LogP contribution in [-0.2, 0) is 5.41 Å². The largest absolute Gasteiger partial charge is 0.438 e. The monoisotopic (exact) mass is 668 g/mol. The SMILES string of the molecule is CCCNC(=O)c1cccc(Nc2nccc(Oc3ccc(NC(=O)Nc4cc(C(C)(C)C)nn4-c4ccc(C)cc4)c4ccccc34)n2)c1. The van der Waals surface area contributed by atoms with Crippen LogP contribution in [-0.4, -0.2) is 38.2 Å². The average Bonchev–Trinajstić information content (AvgIpc) is 3.53. The van der Waals surface area contributed by atoms with Crippen molar-refractivity contribution >= 4 is 45.9 Å². The van der Waals surface area contributed by atoms with Gasteiger partial charge in [-0.05, 0) is 55.8 Å². The molecule has 0 spiro atoms. The zero-order valence-electron chi connectivity index (χ0n) is 28.7. The van der Waals surface area contributed by atoms with Gasteiger partial charge in [-0.2, -0.15) is 10.1 Å². The number of aryl methyl sites for hydroxylation is 1. The summed E-state index contributed by atoms with van der Waals surface area (Å²) >= 11 is 0. The molecule has 0 aliphatic carbocycles. The molecule has 4 aromatic carbocycles. The van der Waals surface area contributed by atoms with Gasteiger partial charge in [0.2, 0.25) is 11.8 Å². The number of urea groups is 1. The summed E-state index contributed by atoms with van der Waals surface area (Å²) in [5, 5.41) is 18.4. The molecule has 0 aliphatic rings. The van der Waals surface area contributed by atoms with Crippen molar-refractivity contribution in [2.75, 3.05) is 22.5 Å². The van der Waals surface area contributed by atoms with E-state index in [1.54, 1.807) is 47.3 Å². The van der Waals surface area contributed by atoms with Crippen LogP contribution in [0.3, 0.4) is 0 Å².